The van der Waals surface area contributed by atoms with Gasteiger partial charge in [-0.1, -0.05) is 30.3 Å². The monoisotopic (exact) mass is 362 g/mol. The number of carbonyl (C=O) groups is 3. The summed E-state index contributed by atoms with van der Waals surface area (Å²) >= 11 is 0. The van der Waals surface area contributed by atoms with Crippen molar-refractivity contribution in [3.63, 3.8) is 0 Å². The Bertz CT molecular complexity index is 951. The van der Waals surface area contributed by atoms with Gasteiger partial charge in [0.2, 0.25) is 5.91 Å². The van der Waals surface area contributed by atoms with Crippen molar-refractivity contribution < 1.29 is 14.4 Å². The Morgan fingerprint density at radius 2 is 1.89 bits per heavy atom. The summed E-state index contributed by atoms with van der Waals surface area (Å²) in [4.78, 5) is 40.1. The van der Waals surface area contributed by atoms with Gasteiger partial charge in [0.25, 0.3) is 5.91 Å². The van der Waals surface area contributed by atoms with E-state index in [1.807, 2.05) is 12.1 Å². The first-order valence-electron chi connectivity index (χ1n) is 8.33. The van der Waals surface area contributed by atoms with E-state index in [0.717, 1.165) is 4.90 Å². The number of amides is 4. The molecule has 0 unspecified atom stereocenters. The lowest BCUT2D eigenvalue weighted by Gasteiger charge is -2.23. The van der Waals surface area contributed by atoms with Crippen LogP contribution in [-0.4, -0.2) is 36.3 Å². The van der Waals surface area contributed by atoms with E-state index in [1.165, 1.54) is 4.90 Å². The number of likely N-dealkylation sites (N-methyl/N-ethyl adjacent to an activating group) is 1. The third kappa shape index (κ3) is 3.25. The zero-order valence-electron chi connectivity index (χ0n) is 15.0. The first kappa shape index (κ1) is 18.1. The predicted molar refractivity (Wildman–Crippen MR) is 98.6 cm³/mol. The molecular formula is C20H18N4O3. The molecule has 0 saturated carbocycles. The molecule has 2 aromatic carbocycles. The fourth-order valence-corrected chi connectivity index (χ4v) is 2.97. The molecule has 1 heterocycles. The molecule has 0 spiro atoms. The highest BCUT2D eigenvalue weighted by molar-refractivity contribution is 6.10. The number of para-hydroxylation sites is 1. The molecule has 1 N–H and O–H groups in total. The third-order valence-electron chi connectivity index (χ3n) is 4.65. The van der Waals surface area contributed by atoms with Crippen LogP contribution in [0.25, 0.3) is 0 Å². The average molecular weight is 362 g/mol. The zero-order valence-corrected chi connectivity index (χ0v) is 15.0. The van der Waals surface area contributed by atoms with Gasteiger partial charge in [0.05, 0.1) is 11.6 Å². The number of nitriles is 1. The molecule has 0 bridgehead atoms. The van der Waals surface area contributed by atoms with Crippen LogP contribution in [0.1, 0.15) is 18.1 Å². The zero-order chi connectivity index (χ0) is 19.6. The highest BCUT2D eigenvalue weighted by Crippen LogP contribution is 2.29. The van der Waals surface area contributed by atoms with Crippen molar-refractivity contribution in [2.24, 2.45) is 0 Å². The summed E-state index contributed by atoms with van der Waals surface area (Å²) in [6.07, 6.45) is 0. The molecule has 7 heteroatoms. The molecule has 136 valence electrons. The number of rotatable bonds is 4. The molecule has 3 rings (SSSR count). The summed E-state index contributed by atoms with van der Waals surface area (Å²) in [6, 6.07) is 16.8. The van der Waals surface area contributed by atoms with E-state index in [9.17, 15) is 14.4 Å². The molecule has 0 aromatic heterocycles. The lowest BCUT2D eigenvalue weighted by molar-refractivity contribution is -0.134. The maximum atomic E-state index is 12.9. The van der Waals surface area contributed by atoms with E-state index in [4.69, 9.17) is 5.26 Å². The Labute approximate surface area is 156 Å². The number of hydrogen-bond donors (Lipinski definition) is 1. The molecule has 2 aromatic rings. The minimum Gasteiger partial charge on any atom is -0.319 e. The van der Waals surface area contributed by atoms with Gasteiger partial charge in [0, 0.05) is 12.7 Å². The van der Waals surface area contributed by atoms with Crippen LogP contribution in [0.4, 0.5) is 10.5 Å². The van der Waals surface area contributed by atoms with E-state index in [0.29, 0.717) is 16.8 Å². The summed E-state index contributed by atoms with van der Waals surface area (Å²) in [7, 11) is 1.59. The summed E-state index contributed by atoms with van der Waals surface area (Å²) in [5.41, 5.74) is 0.217. The third-order valence-corrected chi connectivity index (χ3v) is 4.65. The summed E-state index contributed by atoms with van der Waals surface area (Å²) in [6.45, 7) is 1.19. The van der Waals surface area contributed by atoms with Gasteiger partial charge >= 0.3 is 6.03 Å². The van der Waals surface area contributed by atoms with Gasteiger partial charge in [-0.05, 0) is 36.8 Å². The summed E-state index contributed by atoms with van der Waals surface area (Å²) in [5, 5.41) is 11.7. The van der Waals surface area contributed by atoms with Crippen molar-refractivity contribution in [1.82, 2.24) is 10.2 Å². The first-order chi connectivity index (χ1) is 12.9. The molecule has 1 saturated heterocycles. The van der Waals surface area contributed by atoms with E-state index < -0.39 is 17.5 Å². The predicted octanol–water partition coefficient (Wildman–Crippen LogP) is 1.99. The number of nitrogens with one attached hydrogen (secondary N) is 1. The van der Waals surface area contributed by atoms with Crippen molar-refractivity contribution in [2.75, 3.05) is 18.5 Å². The number of benzene rings is 2. The Balaban J connectivity index is 1.82. The molecule has 1 atom stereocenters. The summed E-state index contributed by atoms with van der Waals surface area (Å²) < 4.78 is 0. The van der Waals surface area contributed by atoms with E-state index in [-0.39, 0.29) is 12.5 Å². The van der Waals surface area contributed by atoms with E-state index in [1.54, 1.807) is 62.5 Å². The molecular weight excluding hydrogens is 344 g/mol. The largest absolute Gasteiger partial charge is 0.325 e. The van der Waals surface area contributed by atoms with Crippen molar-refractivity contribution >= 4 is 23.5 Å². The molecule has 1 aliphatic rings. The molecule has 0 aliphatic carbocycles. The number of hydrogen-bond acceptors (Lipinski definition) is 4. The number of carbonyl (C=O) groups excluding carboxylic acids is 3. The number of nitrogens with zero attached hydrogens (tertiary/aromatic N) is 3. The molecule has 7 nitrogen and oxygen atoms in total. The number of imide groups is 1. The summed E-state index contributed by atoms with van der Waals surface area (Å²) in [5.74, 6) is -0.919. The van der Waals surface area contributed by atoms with Gasteiger partial charge in [-0.3, -0.25) is 14.5 Å². The van der Waals surface area contributed by atoms with Crippen LogP contribution in [0.3, 0.4) is 0 Å². The van der Waals surface area contributed by atoms with Crippen LogP contribution in [0.2, 0.25) is 0 Å². The molecule has 1 fully saturated rings. The molecule has 0 radical (unpaired) electrons. The average Bonchev–Trinajstić information content (AvgIpc) is 2.92. The number of anilines is 1. The lowest BCUT2D eigenvalue weighted by Crippen LogP contribution is -2.43. The second-order valence-electron chi connectivity index (χ2n) is 6.43. The Kier molecular flexibility index (Phi) is 4.65. The molecule has 4 amide bonds. The standard InChI is InChI=1S/C20H18N4O3/c1-20(15-8-6-7-14(11-15)12-21)18(26)24(19(27)22-20)13-17(25)23(2)16-9-4-3-5-10-16/h3-11H,13H2,1-2H3,(H,22,27)/t20-/m0/s1. The van der Waals surface area contributed by atoms with Crippen LogP contribution in [0.5, 0.6) is 0 Å². The fraction of sp³-hybridized carbons (Fsp3) is 0.200. The molecule has 1 aliphatic heterocycles. The van der Waals surface area contributed by atoms with Gasteiger partial charge in [-0.25, -0.2) is 4.79 Å². The van der Waals surface area contributed by atoms with Crippen LogP contribution < -0.4 is 10.2 Å². The second-order valence-corrected chi connectivity index (χ2v) is 6.43. The number of urea groups is 1. The Hall–Kier alpha value is -3.66. The van der Waals surface area contributed by atoms with Crippen molar-refractivity contribution in [3.8, 4) is 6.07 Å². The van der Waals surface area contributed by atoms with Crippen molar-refractivity contribution in [3.05, 3.63) is 65.7 Å². The van der Waals surface area contributed by atoms with Crippen LogP contribution in [-0.2, 0) is 15.1 Å². The van der Waals surface area contributed by atoms with E-state index >= 15 is 0 Å². The maximum Gasteiger partial charge on any atom is 0.325 e. The van der Waals surface area contributed by atoms with Gasteiger partial charge in [-0.15, -0.1) is 0 Å². The topological polar surface area (TPSA) is 93.5 Å². The molecule has 27 heavy (non-hydrogen) atoms. The van der Waals surface area contributed by atoms with Gasteiger partial charge in [-0.2, -0.15) is 5.26 Å². The van der Waals surface area contributed by atoms with Crippen molar-refractivity contribution in [1.29, 1.82) is 5.26 Å². The first-order valence-corrected chi connectivity index (χ1v) is 8.33. The quantitative estimate of drug-likeness (QED) is 0.842. The second kappa shape index (κ2) is 6.92. The minimum absolute atomic E-state index is 0.371. The normalized spacial score (nSPS) is 18.8. The van der Waals surface area contributed by atoms with Crippen LogP contribution in [0.15, 0.2) is 54.6 Å². The van der Waals surface area contributed by atoms with Gasteiger partial charge in [0.15, 0.2) is 0 Å². The van der Waals surface area contributed by atoms with E-state index in [2.05, 4.69) is 5.32 Å². The highest BCUT2D eigenvalue weighted by Gasteiger charge is 2.49. The Morgan fingerprint density at radius 1 is 1.19 bits per heavy atom. The Morgan fingerprint density at radius 3 is 2.56 bits per heavy atom. The van der Waals surface area contributed by atoms with Crippen LogP contribution in [0, 0.1) is 11.3 Å². The lowest BCUT2D eigenvalue weighted by atomic mass is 9.91. The van der Waals surface area contributed by atoms with Gasteiger partial charge in [0.1, 0.15) is 12.1 Å². The fourth-order valence-electron chi connectivity index (χ4n) is 2.97. The van der Waals surface area contributed by atoms with Crippen LogP contribution >= 0.6 is 0 Å². The highest BCUT2D eigenvalue weighted by atomic mass is 16.2. The smallest absolute Gasteiger partial charge is 0.319 e. The minimum atomic E-state index is -1.32. The van der Waals surface area contributed by atoms with Gasteiger partial charge < -0.3 is 10.2 Å². The van der Waals surface area contributed by atoms with Crippen molar-refractivity contribution in [2.45, 2.75) is 12.5 Å². The SMILES string of the molecule is CN(C(=O)CN1C(=O)N[C@@](C)(c2cccc(C#N)c2)C1=O)c1ccccc1. The maximum absolute atomic E-state index is 12.9.